The van der Waals surface area contributed by atoms with Crippen LogP contribution < -0.4 is 4.90 Å². The van der Waals surface area contributed by atoms with Gasteiger partial charge in [0, 0.05) is 37.9 Å². The van der Waals surface area contributed by atoms with Gasteiger partial charge in [-0.1, -0.05) is 62.4 Å². The fraction of sp³-hybridized carbons (Fsp3) is 0.538. The van der Waals surface area contributed by atoms with E-state index in [-0.39, 0.29) is 0 Å². The summed E-state index contributed by atoms with van der Waals surface area (Å²) in [5.41, 5.74) is 4.15. The van der Waals surface area contributed by atoms with E-state index in [0.29, 0.717) is 5.75 Å². The summed E-state index contributed by atoms with van der Waals surface area (Å²) in [6.45, 7) is 4.70. The number of piperazine rings is 1. The lowest BCUT2D eigenvalue weighted by atomic mass is 9.95. The van der Waals surface area contributed by atoms with Gasteiger partial charge in [-0.15, -0.1) is 0 Å². The van der Waals surface area contributed by atoms with Gasteiger partial charge in [-0.3, -0.25) is 4.90 Å². The Kier molecular flexibility index (Phi) is 7.10. The summed E-state index contributed by atoms with van der Waals surface area (Å²) < 4.78 is 0. The molecule has 3 heteroatoms. The molecular weight excluding hydrogens is 356 g/mol. The van der Waals surface area contributed by atoms with Crippen LogP contribution in [-0.4, -0.2) is 42.2 Å². The standard InChI is InChI=1S/C26H36N2O/c29-25-16-13-22(14-17-25)12-15-23-8-6-7-11-26(23)28-20-18-27(19-21-28)24-9-4-2-1-3-5-10-24/h6-8,11,13-14,16-17,24,29H,1-5,9-10,12,15,18-21H2. The maximum Gasteiger partial charge on any atom is 0.115 e. The zero-order chi connectivity index (χ0) is 19.9. The van der Waals surface area contributed by atoms with E-state index in [9.17, 15) is 5.11 Å². The van der Waals surface area contributed by atoms with Gasteiger partial charge in [0.1, 0.15) is 5.75 Å². The van der Waals surface area contributed by atoms with Gasteiger partial charge in [-0.05, 0) is 55.0 Å². The molecule has 1 heterocycles. The third-order valence-corrected chi connectivity index (χ3v) is 6.86. The van der Waals surface area contributed by atoms with Gasteiger partial charge in [-0.2, -0.15) is 0 Å². The van der Waals surface area contributed by atoms with Crippen molar-refractivity contribution in [1.29, 1.82) is 0 Å². The number of phenolic OH excluding ortho intramolecular Hbond substituents is 1. The number of aromatic hydroxyl groups is 1. The first kappa shape index (κ1) is 20.3. The first-order valence-electron chi connectivity index (χ1n) is 11.6. The Hall–Kier alpha value is -2.00. The summed E-state index contributed by atoms with van der Waals surface area (Å²) in [5.74, 6) is 0.344. The lowest BCUT2D eigenvalue weighted by Crippen LogP contribution is -2.50. The average Bonchev–Trinajstić information content (AvgIpc) is 2.74. The molecule has 0 atom stereocenters. The lowest BCUT2D eigenvalue weighted by Gasteiger charge is -2.41. The SMILES string of the molecule is Oc1ccc(CCc2ccccc2N2CCN(C3CCCCCCC3)CC2)cc1. The van der Waals surface area contributed by atoms with Gasteiger partial charge >= 0.3 is 0 Å². The number of aryl methyl sites for hydroxylation is 2. The second kappa shape index (κ2) is 10.2. The van der Waals surface area contributed by atoms with E-state index in [4.69, 9.17) is 0 Å². The van der Waals surface area contributed by atoms with Crippen molar-refractivity contribution >= 4 is 5.69 Å². The van der Waals surface area contributed by atoms with Crippen LogP contribution in [0.5, 0.6) is 5.75 Å². The number of hydrogen-bond donors (Lipinski definition) is 1. The van der Waals surface area contributed by atoms with Gasteiger partial charge in [0.2, 0.25) is 0 Å². The van der Waals surface area contributed by atoms with Crippen LogP contribution in [0, 0.1) is 0 Å². The molecule has 1 saturated carbocycles. The summed E-state index contributed by atoms with van der Waals surface area (Å²) in [6, 6.07) is 17.4. The zero-order valence-corrected chi connectivity index (χ0v) is 17.7. The molecule has 4 rings (SSSR count). The van der Waals surface area contributed by atoms with E-state index < -0.39 is 0 Å². The van der Waals surface area contributed by atoms with E-state index in [1.807, 2.05) is 12.1 Å². The van der Waals surface area contributed by atoms with E-state index in [1.54, 1.807) is 12.1 Å². The minimum atomic E-state index is 0.344. The molecule has 1 aliphatic carbocycles. The van der Waals surface area contributed by atoms with Crippen molar-refractivity contribution in [2.45, 2.75) is 63.8 Å². The third-order valence-electron chi connectivity index (χ3n) is 6.86. The highest BCUT2D eigenvalue weighted by atomic mass is 16.3. The van der Waals surface area contributed by atoms with Crippen LogP contribution in [-0.2, 0) is 12.8 Å². The Morgan fingerprint density at radius 1 is 0.724 bits per heavy atom. The van der Waals surface area contributed by atoms with Gasteiger partial charge in [0.25, 0.3) is 0 Å². The molecule has 2 aromatic carbocycles. The molecule has 1 N–H and O–H groups in total. The fourth-order valence-electron chi connectivity index (χ4n) is 5.10. The van der Waals surface area contributed by atoms with E-state index in [2.05, 4.69) is 34.1 Å². The highest BCUT2D eigenvalue weighted by Gasteiger charge is 2.25. The summed E-state index contributed by atoms with van der Waals surface area (Å²) in [6.07, 6.45) is 12.0. The number of rotatable bonds is 5. The molecule has 0 radical (unpaired) electrons. The van der Waals surface area contributed by atoms with Crippen molar-refractivity contribution in [3.63, 3.8) is 0 Å². The Balaban J connectivity index is 1.35. The molecule has 156 valence electrons. The Morgan fingerprint density at radius 2 is 1.38 bits per heavy atom. The van der Waals surface area contributed by atoms with E-state index in [0.717, 1.165) is 32.0 Å². The van der Waals surface area contributed by atoms with Crippen molar-refractivity contribution in [1.82, 2.24) is 4.90 Å². The summed E-state index contributed by atoms with van der Waals surface area (Å²) >= 11 is 0. The monoisotopic (exact) mass is 392 g/mol. The predicted octanol–water partition coefficient (Wildman–Crippen LogP) is 5.41. The molecule has 0 spiro atoms. The average molecular weight is 393 g/mol. The van der Waals surface area contributed by atoms with E-state index >= 15 is 0 Å². The van der Waals surface area contributed by atoms with Crippen molar-refractivity contribution in [3.05, 3.63) is 59.7 Å². The molecule has 0 aromatic heterocycles. The van der Waals surface area contributed by atoms with E-state index in [1.165, 1.54) is 74.8 Å². The number of phenols is 1. The molecule has 2 fully saturated rings. The largest absolute Gasteiger partial charge is 0.508 e. The summed E-state index contributed by atoms with van der Waals surface area (Å²) in [5, 5.41) is 9.49. The van der Waals surface area contributed by atoms with Gasteiger partial charge in [0.15, 0.2) is 0 Å². The maximum absolute atomic E-state index is 9.49. The van der Waals surface area contributed by atoms with Crippen LogP contribution in [0.3, 0.4) is 0 Å². The minimum Gasteiger partial charge on any atom is -0.508 e. The first-order valence-corrected chi connectivity index (χ1v) is 11.6. The number of nitrogens with zero attached hydrogens (tertiary/aromatic N) is 2. The normalized spacial score (nSPS) is 19.7. The van der Waals surface area contributed by atoms with Crippen LogP contribution in [0.1, 0.15) is 56.1 Å². The van der Waals surface area contributed by atoms with Crippen molar-refractivity contribution in [3.8, 4) is 5.75 Å². The molecule has 1 saturated heterocycles. The lowest BCUT2D eigenvalue weighted by molar-refractivity contribution is 0.157. The van der Waals surface area contributed by atoms with Crippen LogP contribution in [0.25, 0.3) is 0 Å². The quantitative estimate of drug-likeness (QED) is 0.737. The van der Waals surface area contributed by atoms with Crippen LogP contribution in [0.4, 0.5) is 5.69 Å². The summed E-state index contributed by atoms with van der Waals surface area (Å²) in [4.78, 5) is 5.38. The molecule has 29 heavy (non-hydrogen) atoms. The first-order chi connectivity index (χ1) is 14.3. The molecule has 1 aliphatic heterocycles. The zero-order valence-electron chi connectivity index (χ0n) is 17.7. The highest BCUT2D eigenvalue weighted by Crippen LogP contribution is 2.27. The van der Waals surface area contributed by atoms with Crippen LogP contribution in [0.15, 0.2) is 48.5 Å². The Labute approximate surface area is 176 Å². The summed E-state index contributed by atoms with van der Waals surface area (Å²) in [7, 11) is 0. The van der Waals surface area contributed by atoms with Crippen molar-refractivity contribution in [2.24, 2.45) is 0 Å². The molecule has 0 bridgehead atoms. The highest BCUT2D eigenvalue weighted by molar-refractivity contribution is 5.54. The molecule has 2 aliphatic rings. The molecule has 0 unspecified atom stereocenters. The fourth-order valence-corrected chi connectivity index (χ4v) is 5.10. The van der Waals surface area contributed by atoms with Gasteiger partial charge in [-0.25, -0.2) is 0 Å². The Bertz CT molecular complexity index is 742. The topological polar surface area (TPSA) is 26.7 Å². The van der Waals surface area contributed by atoms with Crippen molar-refractivity contribution in [2.75, 3.05) is 31.1 Å². The predicted molar refractivity (Wildman–Crippen MR) is 122 cm³/mol. The van der Waals surface area contributed by atoms with Crippen LogP contribution in [0.2, 0.25) is 0 Å². The number of para-hydroxylation sites is 1. The van der Waals surface area contributed by atoms with Crippen molar-refractivity contribution < 1.29 is 5.11 Å². The number of benzene rings is 2. The molecule has 3 nitrogen and oxygen atoms in total. The van der Waals surface area contributed by atoms with Gasteiger partial charge in [0.05, 0.1) is 0 Å². The van der Waals surface area contributed by atoms with Gasteiger partial charge < -0.3 is 10.0 Å². The van der Waals surface area contributed by atoms with Crippen LogP contribution >= 0.6 is 0 Å². The number of hydrogen-bond acceptors (Lipinski definition) is 3. The number of anilines is 1. The minimum absolute atomic E-state index is 0.344. The second-order valence-electron chi connectivity index (χ2n) is 8.82. The molecule has 0 amide bonds. The maximum atomic E-state index is 9.49. The molecular formula is C26H36N2O. The second-order valence-corrected chi connectivity index (χ2v) is 8.82. The third kappa shape index (κ3) is 5.54. The Morgan fingerprint density at radius 3 is 2.10 bits per heavy atom. The smallest absolute Gasteiger partial charge is 0.115 e. The molecule has 2 aromatic rings.